The Balaban J connectivity index is 1.69. The van der Waals surface area contributed by atoms with Crippen LogP contribution in [-0.4, -0.2) is 34.1 Å². The lowest BCUT2D eigenvalue weighted by molar-refractivity contribution is 0.0979. The fraction of sp³-hybridized carbons (Fsp3) is 0.0741. The molecule has 2 N–H and O–H groups in total. The van der Waals surface area contributed by atoms with Gasteiger partial charge in [0.25, 0.3) is 15.9 Å². The Morgan fingerprint density at radius 2 is 1.39 bits per heavy atom. The molecule has 38 heavy (non-hydrogen) atoms. The van der Waals surface area contributed by atoms with Crippen LogP contribution in [0, 0.1) is 0 Å². The van der Waals surface area contributed by atoms with Gasteiger partial charge in [0.2, 0.25) is 10.0 Å². The first-order valence-corrected chi connectivity index (χ1v) is 14.6. The van der Waals surface area contributed by atoms with Crippen LogP contribution in [0.2, 0.25) is 0 Å². The predicted octanol–water partition coefficient (Wildman–Crippen LogP) is 4.27. The van der Waals surface area contributed by atoms with Crippen LogP contribution in [0.5, 0.6) is 17.2 Å². The van der Waals surface area contributed by atoms with Gasteiger partial charge in [0, 0.05) is 6.07 Å². The van der Waals surface area contributed by atoms with E-state index in [4.69, 9.17) is 4.74 Å². The first-order valence-electron chi connectivity index (χ1n) is 11.3. The van der Waals surface area contributed by atoms with E-state index in [-0.39, 0.29) is 22.7 Å². The fourth-order valence-corrected chi connectivity index (χ4v) is 5.48. The minimum Gasteiger partial charge on any atom is -0.507 e. The van der Waals surface area contributed by atoms with Crippen LogP contribution < -0.4 is 13.8 Å². The molecule has 9 nitrogen and oxygen atoms in total. The van der Waals surface area contributed by atoms with E-state index in [1.165, 1.54) is 30.3 Å². The van der Waals surface area contributed by atoms with Gasteiger partial charge in [0.15, 0.2) is 0 Å². The summed E-state index contributed by atoms with van der Waals surface area (Å²) in [5.74, 6) is -0.570. The van der Waals surface area contributed by atoms with Gasteiger partial charge < -0.3 is 9.84 Å². The molecule has 0 radical (unpaired) electrons. The Bertz CT molecular complexity index is 1640. The Morgan fingerprint density at radius 3 is 1.97 bits per heavy atom. The number of phenolic OH excluding ortho intramolecular Hbond substituents is 1. The number of carbonyl (C=O) groups is 1. The Labute approximate surface area is 221 Å². The average Bonchev–Trinajstić information content (AvgIpc) is 2.87. The van der Waals surface area contributed by atoms with Crippen molar-refractivity contribution >= 4 is 31.6 Å². The van der Waals surface area contributed by atoms with E-state index >= 15 is 0 Å². The zero-order valence-electron chi connectivity index (χ0n) is 20.2. The van der Waals surface area contributed by atoms with E-state index < -0.39 is 31.7 Å². The molecule has 1 amide bonds. The lowest BCUT2D eigenvalue weighted by atomic mass is 10.1. The van der Waals surface area contributed by atoms with Crippen molar-refractivity contribution < 1.29 is 31.5 Å². The number of aromatic hydroxyl groups is 1. The van der Waals surface area contributed by atoms with Crippen molar-refractivity contribution in [3.8, 4) is 17.2 Å². The van der Waals surface area contributed by atoms with Crippen molar-refractivity contribution in [1.82, 2.24) is 4.72 Å². The number of carbonyl (C=O) groups excluding carboxylic acids is 1. The Morgan fingerprint density at radius 1 is 0.816 bits per heavy atom. The number of phenols is 1. The second kappa shape index (κ2) is 11.0. The summed E-state index contributed by atoms with van der Waals surface area (Å²) in [5, 5.41) is 10.5. The molecule has 0 spiro atoms. The van der Waals surface area contributed by atoms with Crippen molar-refractivity contribution in [3.05, 3.63) is 114 Å². The molecule has 4 aromatic carbocycles. The van der Waals surface area contributed by atoms with Crippen molar-refractivity contribution in [3.63, 3.8) is 0 Å². The average molecular weight is 553 g/mol. The second-order valence-corrected chi connectivity index (χ2v) is 11.9. The number of amides is 1. The summed E-state index contributed by atoms with van der Waals surface area (Å²) in [6, 6.07) is 27.4. The molecular weight excluding hydrogens is 528 g/mol. The number of nitrogens with one attached hydrogen (secondary N) is 1. The smallest absolute Gasteiger partial charge is 0.268 e. The van der Waals surface area contributed by atoms with Crippen molar-refractivity contribution in [2.75, 3.05) is 10.6 Å². The van der Waals surface area contributed by atoms with Gasteiger partial charge in [-0.05, 0) is 54.1 Å². The van der Waals surface area contributed by atoms with Gasteiger partial charge in [-0.25, -0.2) is 21.6 Å². The number of rotatable bonds is 9. The highest BCUT2D eigenvalue weighted by molar-refractivity contribution is 7.92. The highest BCUT2D eigenvalue weighted by Gasteiger charge is 2.27. The summed E-state index contributed by atoms with van der Waals surface area (Å²) < 4.78 is 59.0. The standard InChI is InChI=1S/C27H24N2O7S2/c1-37(32,33)28-27(31)25-17-12-21(18-26(25)30)29(19-20-8-4-2-5-9-20)38(34,35)24-15-13-23(14-16-24)36-22-10-6-3-7-11-22/h2-18,30H,19H2,1H3,(H,28,31). The number of sulfonamides is 2. The summed E-state index contributed by atoms with van der Waals surface area (Å²) >= 11 is 0. The van der Waals surface area contributed by atoms with Gasteiger partial charge in [-0.2, -0.15) is 0 Å². The predicted molar refractivity (Wildman–Crippen MR) is 143 cm³/mol. The van der Waals surface area contributed by atoms with Gasteiger partial charge in [-0.3, -0.25) is 9.10 Å². The number of anilines is 1. The molecule has 0 aromatic heterocycles. The van der Waals surface area contributed by atoms with E-state index in [0.717, 1.165) is 22.7 Å². The van der Waals surface area contributed by atoms with E-state index in [9.17, 15) is 26.7 Å². The highest BCUT2D eigenvalue weighted by Crippen LogP contribution is 2.32. The van der Waals surface area contributed by atoms with Crippen molar-refractivity contribution in [2.24, 2.45) is 0 Å². The van der Waals surface area contributed by atoms with Crippen molar-refractivity contribution in [2.45, 2.75) is 11.4 Å². The maximum absolute atomic E-state index is 13.8. The molecule has 0 unspecified atom stereocenters. The molecule has 4 aromatic rings. The zero-order chi connectivity index (χ0) is 27.3. The maximum atomic E-state index is 13.8. The third-order valence-electron chi connectivity index (χ3n) is 5.35. The minimum absolute atomic E-state index is 0.0211. The molecule has 0 saturated heterocycles. The van der Waals surface area contributed by atoms with Crippen LogP contribution in [-0.2, 0) is 26.6 Å². The summed E-state index contributed by atoms with van der Waals surface area (Å²) in [6.45, 7) is -0.0697. The van der Waals surface area contributed by atoms with Gasteiger partial charge >= 0.3 is 0 Å². The largest absolute Gasteiger partial charge is 0.507 e. The molecule has 11 heteroatoms. The highest BCUT2D eigenvalue weighted by atomic mass is 32.2. The lowest BCUT2D eigenvalue weighted by Gasteiger charge is -2.25. The van der Waals surface area contributed by atoms with Crippen LogP contribution in [0.3, 0.4) is 0 Å². The van der Waals surface area contributed by atoms with Gasteiger partial charge in [-0.15, -0.1) is 0 Å². The molecule has 0 aliphatic rings. The molecule has 0 atom stereocenters. The normalized spacial score (nSPS) is 11.5. The maximum Gasteiger partial charge on any atom is 0.268 e. The van der Waals surface area contributed by atoms with Crippen LogP contribution in [0.25, 0.3) is 0 Å². The number of hydrogen-bond donors (Lipinski definition) is 2. The molecule has 4 rings (SSSR count). The first kappa shape index (κ1) is 26.7. The first-order chi connectivity index (χ1) is 18.0. The van der Waals surface area contributed by atoms with E-state index in [1.807, 2.05) is 18.2 Å². The van der Waals surface area contributed by atoms with E-state index in [0.29, 0.717) is 17.1 Å². The lowest BCUT2D eigenvalue weighted by Crippen LogP contribution is -2.31. The Kier molecular flexibility index (Phi) is 7.70. The molecule has 0 heterocycles. The quantitative estimate of drug-likeness (QED) is 0.317. The summed E-state index contributed by atoms with van der Waals surface area (Å²) in [6.07, 6.45) is 0.806. The molecular formula is C27H24N2O7S2. The van der Waals surface area contributed by atoms with Crippen LogP contribution in [0.4, 0.5) is 5.69 Å². The molecule has 0 bridgehead atoms. The number of para-hydroxylation sites is 1. The zero-order valence-corrected chi connectivity index (χ0v) is 21.8. The fourth-order valence-electron chi connectivity index (χ4n) is 3.59. The molecule has 0 fully saturated rings. The van der Waals surface area contributed by atoms with E-state index in [2.05, 4.69) is 0 Å². The van der Waals surface area contributed by atoms with E-state index in [1.54, 1.807) is 47.2 Å². The van der Waals surface area contributed by atoms with Crippen LogP contribution in [0.1, 0.15) is 15.9 Å². The number of ether oxygens (including phenoxy) is 1. The summed E-state index contributed by atoms with van der Waals surface area (Å²) in [4.78, 5) is 12.2. The minimum atomic E-state index is -4.15. The summed E-state index contributed by atoms with van der Waals surface area (Å²) in [7, 11) is -8.02. The van der Waals surface area contributed by atoms with Gasteiger partial charge in [-0.1, -0.05) is 48.5 Å². The van der Waals surface area contributed by atoms with Gasteiger partial charge in [0.1, 0.15) is 17.2 Å². The number of nitrogens with zero attached hydrogens (tertiary/aromatic N) is 1. The molecule has 0 saturated carbocycles. The topological polar surface area (TPSA) is 130 Å². The third-order valence-corrected chi connectivity index (χ3v) is 7.70. The monoisotopic (exact) mass is 552 g/mol. The van der Waals surface area contributed by atoms with Crippen LogP contribution >= 0.6 is 0 Å². The molecule has 196 valence electrons. The number of hydrogen-bond acceptors (Lipinski definition) is 7. The molecule has 0 aliphatic carbocycles. The second-order valence-electron chi connectivity index (χ2n) is 8.29. The SMILES string of the molecule is CS(=O)(=O)NC(=O)c1ccc(N(Cc2ccccc2)S(=O)(=O)c2ccc(Oc3ccccc3)cc2)cc1O. The van der Waals surface area contributed by atoms with Crippen LogP contribution in [0.15, 0.2) is 108 Å². The summed E-state index contributed by atoms with van der Waals surface area (Å²) in [5.41, 5.74) is 0.434. The Hall–Kier alpha value is -4.35. The molecule has 0 aliphatic heterocycles. The third kappa shape index (κ3) is 6.50. The number of benzene rings is 4. The van der Waals surface area contributed by atoms with Crippen molar-refractivity contribution in [1.29, 1.82) is 0 Å². The van der Waals surface area contributed by atoms with Gasteiger partial charge in [0.05, 0.1) is 28.9 Å².